The summed E-state index contributed by atoms with van der Waals surface area (Å²) in [4.78, 5) is 1.08. The van der Waals surface area contributed by atoms with Gasteiger partial charge in [-0.2, -0.15) is 0 Å². The molecule has 1 heteroatoms. The Labute approximate surface area is 37.1 Å². The first-order valence-electron chi connectivity index (χ1n) is 1.05. The van der Waals surface area contributed by atoms with Crippen molar-refractivity contribution in [2.24, 2.45) is 0 Å². The van der Waals surface area contributed by atoms with Crippen LogP contribution in [-0.4, -0.2) is 0 Å². The van der Waals surface area contributed by atoms with Gasteiger partial charge in [-0.3, -0.25) is 0 Å². The monoisotopic (exact) mass is 234 g/mol. The Hall–Kier alpha value is 0.389. The Bertz CT molecular complexity index is 17.2. The summed E-state index contributed by atoms with van der Waals surface area (Å²) in [6.45, 7) is 3.48. The van der Waals surface area contributed by atoms with Gasteiger partial charge >= 0.3 is 36.5 Å². The second-order valence-corrected chi connectivity index (χ2v) is 1.40. The van der Waals surface area contributed by atoms with E-state index in [1.807, 2.05) is 6.08 Å². The van der Waals surface area contributed by atoms with E-state index in [-0.39, 0.29) is 0 Å². The van der Waals surface area contributed by atoms with Crippen molar-refractivity contribution in [2.75, 3.05) is 0 Å². The maximum absolute atomic E-state index is 3.48. The first-order valence-corrected chi connectivity index (χ1v) is 2.75. The van der Waals surface area contributed by atoms with Crippen LogP contribution in [0.3, 0.4) is 0 Å². The molecule has 0 saturated carbocycles. The fraction of sp³-hybridized carbons (Fsp3) is 0.333. The molecule has 0 rings (SSSR count). The standard InChI is InChI=1S/C3H5.Ir/c1-3-2;/h3H,1-2H2;. The molecule has 0 bridgehead atoms. The average Bonchev–Trinajstić information content (AvgIpc) is 1.37. The normalized spacial score (nSPS) is 6.50. The molecule has 0 saturated heterocycles. The minimum atomic E-state index is 1.08. The van der Waals surface area contributed by atoms with Crippen molar-refractivity contribution in [3.63, 3.8) is 0 Å². The van der Waals surface area contributed by atoms with E-state index in [2.05, 4.69) is 25.5 Å². The van der Waals surface area contributed by atoms with Gasteiger partial charge in [0, 0.05) is 0 Å². The van der Waals surface area contributed by atoms with Gasteiger partial charge in [0.1, 0.15) is 0 Å². The van der Waals surface area contributed by atoms with Crippen LogP contribution >= 0.6 is 0 Å². The van der Waals surface area contributed by atoms with Gasteiger partial charge < -0.3 is 0 Å². The van der Waals surface area contributed by atoms with Gasteiger partial charge in [-0.25, -0.2) is 0 Å². The third kappa shape index (κ3) is 2.39. The molecule has 0 aliphatic rings. The number of hydrogen-bond donors (Lipinski definition) is 0. The van der Waals surface area contributed by atoms with Crippen molar-refractivity contribution >= 4 is 0 Å². The summed E-state index contributed by atoms with van der Waals surface area (Å²) in [5, 5.41) is 0. The van der Waals surface area contributed by atoms with Gasteiger partial charge in [-0.15, -0.1) is 0 Å². The Morgan fingerprint density at radius 2 is 2.25 bits per heavy atom. The van der Waals surface area contributed by atoms with Crippen LogP contribution in [-0.2, 0) is 18.9 Å². The summed E-state index contributed by atoms with van der Waals surface area (Å²) < 4.78 is 0. The quantitative estimate of drug-likeness (QED) is 0.596. The summed E-state index contributed by atoms with van der Waals surface area (Å²) in [7, 11) is 0. The molecule has 0 aliphatic heterocycles. The zero-order chi connectivity index (χ0) is 3.41. The maximum atomic E-state index is 3.48. The Morgan fingerprint density at radius 1 is 2.00 bits per heavy atom. The van der Waals surface area contributed by atoms with Crippen LogP contribution in [0.4, 0.5) is 0 Å². The molecule has 0 N–H and O–H groups in total. The molecule has 0 aromatic heterocycles. The van der Waals surface area contributed by atoms with Crippen molar-refractivity contribution in [2.45, 2.75) is 4.93 Å². The molecule has 0 aromatic carbocycles. The molecule has 4 heavy (non-hydrogen) atoms. The van der Waals surface area contributed by atoms with Crippen LogP contribution in [0.5, 0.6) is 0 Å². The van der Waals surface area contributed by atoms with Crippen LogP contribution in [0.15, 0.2) is 12.7 Å². The SMILES string of the molecule is C=C[CH2][Ir]. The predicted octanol–water partition coefficient (Wildman–Crippen LogP) is 1.14. The summed E-state index contributed by atoms with van der Waals surface area (Å²) in [5.41, 5.74) is 0. The van der Waals surface area contributed by atoms with E-state index in [9.17, 15) is 0 Å². The molecule has 26 valence electrons. The first kappa shape index (κ1) is 4.39. The van der Waals surface area contributed by atoms with E-state index < -0.39 is 0 Å². The fourth-order valence-electron chi connectivity index (χ4n) is 0. The first-order chi connectivity index (χ1) is 1.91. The van der Waals surface area contributed by atoms with Crippen molar-refractivity contribution in [1.82, 2.24) is 0 Å². The van der Waals surface area contributed by atoms with E-state index in [1.165, 1.54) is 0 Å². The summed E-state index contributed by atoms with van der Waals surface area (Å²) >= 11 is 2.06. The number of hydrogen-bond acceptors (Lipinski definition) is 0. The molecular formula is C3H5Ir. The van der Waals surface area contributed by atoms with Gasteiger partial charge in [-0.1, -0.05) is 0 Å². The molecule has 0 aromatic rings. The van der Waals surface area contributed by atoms with E-state index in [0.29, 0.717) is 0 Å². The van der Waals surface area contributed by atoms with E-state index >= 15 is 0 Å². The number of rotatable bonds is 1. The molecule has 0 heterocycles. The second kappa shape index (κ2) is 3.39. The van der Waals surface area contributed by atoms with Crippen LogP contribution in [0.25, 0.3) is 0 Å². The molecule has 0 atom stereocenters. The molecule has 0 fully saturated rings. The second-order valence-electron chi connectivity index (χ2n) is 0.425. The van der Waals surface area contributed by atoms with E-state index in [0.717, 1.165) is 4.93 Å². The third-order valence-electron chi connectivity index (χ3n) is 0.0962. The van der Waals surface area contributed by atoms with Crippen LogP contribution < -0.4 is 0 Å². The third-order valence-corrected chi connectivity index (χ3v) is 0.788. The van der Waals surface area contributed by atoms with Gasteiger partial charge in [0.15, 0.2) is 0 Å². The van der Waals surface area contributed by atoms with Gasteiger partial charge in [0.05, 0.1) is 0 Å². The minimum absolute atomic E-state index is 1.08. The van der Waals surface area contributed by atoms with Crippen molar-refractivity contribution in [1.29, 1.82) is 0 Å². The molecule has 0 nitrogen and oxygen atoms in total. The summed E-state index contributed by atoms with van der Waals surface area (Å²) in [6, 6.07) is 0. The van der Waals surface area contributed by atoms with E-state index in [1.54, 1.807) is 0 Å². The number of allylic oxidation sites excluding steroid dienone is 1. The molecule has 0 aliphatic carbocycles. The van der Waals surface area contributed by atoms with Crippen LogP contribution in [0.1, 0.15) is 0 Å². The Morgan fingerprint density at radius 3 is 2.25 bits per heavy atom. The molecule has 0 amide bonds. The Balaban J connectivity index is 2.30. The molecule has 0 spiro atoms. The van der Waals surface area contributed by atoms with E-state index in [4.69, 9.17) is 0 Å². The summed E-state index contributed by atoms with van der Waals surface area (Å²) in [5.74, 6) is 0. The average molecular weight is 233 g/mol. The fourth-order valence-corrected chi connectivity index (χ4v) is 0. The zero-order valence-electron chi connectivity index (χ0n) is 2.32. The predicted molar refractivity (Wildman–Crippen MR) is 15.0 cm³/mol. The van der Waals surface area contributed by atoms with Crippen LogP contribution in [0, 0.1) is 0 Å². The summed E-state index contributed by atoms with van der Waals surface area (Å²) in [6.07, 6.45) is 1.88. The Kier molecular flexibility index (Phi) is 3.72. The van der Waals surface area contributed by atoms with Crippen molar-refractivity contribution in [3.05, 3.63) is 12.7 Å². The molecule has 0 unspecified atom stereocenters. The van der Waals surface area contributed by atoms with Crippen molar-refractivity contribution < 1.29 is 18.9 Å². The van der Waals surface area contributed by atoms with Gasteiger partial charge in [-0.05, 0) is 0 Å². The molecular weight excluding hydrogens is 228 g/mol. The van der Waals surface area contributed by atoms with Gasteiger partial charge in [0.25, 0.3) is 0 Å². The zero-order valence-corrected chi connectivity index (χ0v) is 4.72. The topological polar surface area (TPSA) is 0 Å². The van der Waals surface area contributed by atoms with Crippen molar-refractivity contribution in [3.8, 4) is 0 Å². The van der Waals surface area contributed by atoms with Gasteiger partial charge in [0.2, 0.25) is 0 Å². The van der Waals surface area contributed by atoms with Crippen LogP contribution in [0.2, 0.25) is 4.93 Å². The molecule has 0 radical (unpaired) electrons.